The van der Waals surface area contributed by atoms with Crippen LogP contribution in [0.1, 0.15) is 316 Å². The molecule has 2 atom stereocenters. The van der Waals surface area contributed by atoms with Gasteiger partial charge in [0.2, 0.25) is 0 Å². The summed E-state index contributed by atoms with van der Waals surface area (Å²) in [6.07, 6.45) is 61.6. The molecule has 0 aliphatic rings. The van der Waals surface area contributed by atoms with Crippen LogP contribution in [0, 0.1) is 0 Å². The van der Waals surface area contributed by atoms with Crippen molar-refractivity contribution in [2.24, 2.45) is 5.73 Å². The standard InChI is InChI=1S/C56H114NO7P/c1-3-5-7-9-11-13-15-17-19-21-23-24-25-26-27-28-29-30-31-32-33-35-37-39-41-43-45-47-49-56(58)64-55(54-63-65(59,60)62-52-50-57)53-61-51-48-46-44-42-40-38-36-34-22-20-18-16-14-12-10-8-6-4-2/h55H,3-54,57H2,1-2H3,(H,59,60)/t55-/m1/s1. The molecule has 8 nitrogen and oxygen atoms in total. The average Bonchev–Trinajstić information content (AvgIpc) is 3.30. The molecule has 0 aromatic heterocycles. The topological polar surface area (TPSA) is 117 Å². The molecule has 9 heteroatoms. The molecule has 0 radical (unpaired) electrons. The Morgan fingerprint density at radius 1 is 0.400 bits per heavy atom. The number of unbranched alkanes of at least 4 members (excludes halogenated alkanes) is 44. The van der Waals surface area contributed by atoms with Crippen LogP contribution in [-0.4, -0.2) is 49.9 Å². The second-order valence-electron chi connectivity index (χ2n) is 19.9. The van der Waals surface area contributed by atoms with Crippen LogP contribution in [0.25, 0.3) is 0 Å². The average molecular weight is 945 g/mol. The fourth-order valence-corrected chi connectivity index (χ4v) is 9.77. The maximum Gasteiger partial charge on any atom is 0.472 e. The van der Waals surface area contributed by atoms with Crippen molar-refractivity contribution in [3.05, 3.63) is 0 Å². The van der Waals surface area contributed by atoms with Gasteiger partial charge in [-0.2, -0.15) is 0 Å². The van der Waals surface area contributed by atoms with Crippen molar-refractivity contribution in [1.29, 1.82) is 0 Å². The first kappa shape index (κ1) is 64.5. The molecule has 0 aromatic carbocycles. The summed E-state index contributed by atoms with van der Waals surface area (Å²) in [6, 6.07) is 0. The fourth-order valence-electron chi connectivity index (χ4n) is 9.00. The van der Waals surface area contributed by atoms with Crippen LogP contribution in [0.5, 0.6) is 0 Å². The number of esters is 1. The minimum absolute atomic E-state index is 0.0895. The molecule has 1 unspecified atom stereocenters. The predicted octanol–water partition coefficient (Wildman–Crippen LogP) is 18.4. The molecule has 3 N–H and O–H groups in total. The lowest BCUT2D eigenvalue weighted by molar-refractivity contribution is -0.154. The highest BCUT2D eigenvalue weighted by molar-refractivity contribution is 7.47. The first-order chi connectivity index (χ1) is 31.9. The van der Waals surface area contributed by atoms with E-state index in [0.717, 1.165) is 32.1 Å². The van der Waals surface area contributed by atoms with E-state index in [1.807, 2.05) is 0 Å². The van der Waals surface area contributed by atoms with E-state index in [2.05, 4.69) is 13.8 Å². The van der Waals surface area contributed by atoms with Gasteiger partial charge in [0.25, 0.3) is 0 Å². The first-order valence-electron chi connectivity index (χ1n) is 29.0. The van der Waals surface area contributed by atoms with E-state index in [1.165, 1.54) is 263 Å². The number of carbonyl (C=O) groups excluding carboxylic acids is 1. The highest BCUT2D eigenvalue weighted by Crippen LogP contribution is 2.43. The number of phosphoric acid groups is 1. The van der Waals surface area contributed by atoms with Gasteiger partial charge in [-0.3, -0.25) is 13.8 Å². The van der Waals surface area contributed by atoms with Crippen molar-refractivity contribution in [2.45, 2.75) is 322 Å². The van der Waals surface area contributed by atoms with Gasteiger partial charge >= 0.3 is 13.8 Å². The van der Waals surface area contributed by atoms with Crippen molar-refractivity contribution in [3.8, 4) is 0 Å². The molecule has 0 saturated carbocycles. The highest BCUT2D eigenvalue weighted by Gasteiger charge is 2.25. The summed E-state index contributed by atoms with van der Waals surface area (Å²) in [5.74, 6) is -0.319. The number of phosphoric ester groups is 1. The molecule has 0 fully saturated rings. The molecule has 0 aliphatic heterocycles. The van der Waals surface area contributed by atoms with E-state index in [-0.39, 0.29) is 32.3 Å². The van der Waals surface area contributed by atoms with Gasteiger partial charge in [0.15, 0.2) is 0 Å². The normalized spacial score (nSPS) is 13.1. The van der Waals surface area contributed by atoms with Crippen molar-refractivity contribution in [2.75, 3.05) is 33.0 Å². The van der Waals surface area contributed by atoms with Crippen molar-refractivity contribution >= 4 is 13.8 Å². The van der Waals surface area contributed by atoms with Gasteiger partial charge in [-0.25, -0.2) is 4.57 Å². The SMILES string of the molecule is CCCCCCCCCCCCCCCCCCCCCCCCCCCCCCC(=O)O[C@H](COCCCCCCCCCCCCCCCCCCCC)COP(=O)(O)OCCN. The van der Waals surface area contributed by atoms with Gasteiger partial charge in [0.05, 0.1) is 19.8 Å². The van der Waals surface area contributed by atoms with E-state index in [1.54, 1.807) is 0 Å². The lowest BCUT2D eigenvalue weighted by Gasteiger charge is -2.20. The number of carbonyl (C=O) groups is 1. The third-order valence-electron chi connectivity index (χ3n) is 13.3. The summed E-state index contributed by atoms with van der Waals surface area (Å²) >= 11 is 0. The zero-order valence-electron chi connectivity index (χ0n) is 43.8. The Hall–Kier alpha value is -0.500. The van der Waals surface area contributed by atoms with Gasteiger partial charge in [-0.1, -0.05) is 296 Å². The summed E-state index contributed by atoms with van der Waals surface area (Å²) in [4.78, 5) is 22.7. The molecule has 0 spiro atoms. The van der Waals surface area contributed by atoms with Crippen LogP contribution in [-0.2, 0) is 27.9 Å². The number of ether oxygens (including phenoxy) is 2. The third kappa shape index (κ3) is 54.3. The quantitative estimate of drug-likeness (QED) is 0.0352. The minimum Gasteiger partial charge on any atom is -0.457 e. The smallest absolute Gasteiger partial charge is 0.457 e. The highest BCUT2D eigenvalue weighted by atomic mass is 31.2. The van der Waals surface area contributed by atoms with E-state index in [9.17, 15) is 14.3 Å². The molecule has 0 saturated heterocycles. The maximum atomic E-state index is 12.7. The van der Waals surface area contributed by atoms with Crippen LogP contribution < -0.4 is 5.73 Å². The Kier molecular flexibility index (Phi) is 54.0. The summed E-state index contributed by atoms with van der Waals surface area (Å²) < 4.78 is 33.7. The van der Waals surface area contributed by atoms with Crippen molar-refractivity contribution in [3.63, 3.8) is 0 Å². The second-order valence-corrected chi connectivity index (χ2v) is 21.3. The van der Waals surface area contributed by atoms with Crippen LogP contribution in [0.2, 0.25) is 0 Å². The van der Waals surface area contributed by atoms with Crippen LogP contribution >= 0.6 is 7.82 Å². The van der Waals surface area contributed by atoms with Crippen LogP contribution in [0.4, 0.5) is 0 Å². The zero-order valence-corrected chi connectivity index (χ0v) is 44.7. The Labute approximate surface area is 405 Å². The molecule has 0 aromatic rings. The largest absolute Gasteiger partial charge is 0.472 e. The zero-order chi connectivity index (χ0) is 47.3. The maximum absolute atomic E-state index is 12.7. The van der Waals surface area contributed by atoms with Crippen molar-refractivity contribution < 1.29 is 32.8 Å². The number of nitrogens with two attached hydrogens (primary N) is 1. The van der Waals surface area contributed by atoms with E-state index >= 15 is 0 Å². The minimum atomic E-state index is -4.28. The summed E-state index contributed by atoms with van der Waals surface area (Å²) in [5, 5.41) is 0. The van der Waals surface area contributed by atoms with E-state index < -0.39 is 13.9 Å². The Balaban J connectivity index is 3.78. The third-order valence-corrected chi connectivity index (χ3v) is 14.3. The van der Waals surface area contributed by atoms with E-state index in [0.29, 0.717) is 13.0 Å². The molecule has 0 rings (SSSR count). The molecule has 65 heavy (non-hydrogen) atoms. The second kappa shape index (κ2) is 54.4. The number of rotatable bonds is 57. The molecule has 0 amide bonds. The Morgan fingerprint density at radius 3 is 0.969 bits per heavy atom. The van der Waals surface area contributed by atoms with Gasteiger partial charge in [-0.05, 0) is 12.8 Å². The lowest BCUT2D eigenvalue weighted by Crippen LogP contribution is -2.28. The predicted molar refractivity (Wildman–Crippen MR) is 280 cm³/mol. The molecular formula is C56H114NO7P. The monoisotopic (exact) mass is 944 g/mol. The number of hydrogen-bond acceptors (Lipinski definition) is 7. The molecule has 0 aliphatic carbocycles. The fraction of sp³-hybridized carbons (Fsp3) is 0.982. The van der Waals surface area contributed by atoms with Crippen molar-refractivity contribution in [1.82, 2.24) is 0 Å². The molecular weight excluding hydrogens is 830 g/mol. The number of hydrogen-bond donors (Lipinski definition) is 2. The first-order valence-corrected chi connectivity index (χ1v) is 30.5. The van der Waals surface area contributed by atoms with E-state index in [4.69, 9.17) is 24.3 Å². The van der Waals surface area contributed by atoms with Gasteiger partial charge in [-0.15, -0.1) is 0 Å². The Bertz CT molecular complexity index is 971. The summed E-state index contributed by atoms with van der Waals surface area (Å²) in [7, 11) is -4.28. The van der Waals surface area contributed by atoms with Crippen LogP contribution in [0.15, 0.2) is 0 Å². The van der Waals surface area contributed by atoms with Crippen LogP contribution in [0.3, 0.4) is 0 Å². The van der Waals surface area contributed by atoms with Gasteiger partial charge in [0, 0.05) is 19.6 Å². The van der Waals surface area contributed by atoms with Gasteiger partial charge < -0.3 is 20.1 Å². The lowest BCUT2D eigenvalue weighted by atomic mass is 10.0. The Morgan fingerprint density at radius 2 is 0.677 bits per heavy atom. The molecule has 0 bridgehead atoms. The molecule has 0 heterocycles. The summed E-state index contributed by atoms with van der Waals surface area (Å²) in [5.41, 5.74) is 5.40. The molecule has 390 valence electrons. The van der Waals surface area contributed by atoms with Gasteiger partial charge in [0.1, 0.15) is 6.10 Å². The summed E-state index contributed by atoms with van der Waals surface area (Å²) in [6.45, 7) is 5.02.